The summed E-state index contributed by atoms with van der Waals surface area (Å²) in [6.45, 7) is 3.96. The van der Waals surface area contributed by atoms with Crippen LogP contribution < -0.4 is 5.73 Å². The van der Waals surface area contributed by atoms with E-state index in [4.69, 9.17) is 5.73 Å². The first kappa shape index (κ1) is 14.5. The quantitative estimate of drug-likeness (QED) is 0.756. The molecule has 0 radical (unpaired) electrons. The van der Waals surface area contributed by atoms with E-state index >= 15 is 0 Å². The van der Waals surface area contributed by atoms with Crippen LogP contribution in [0.3, 0.4) is 0 Å². The van der Waals surface area contributed by atoms with Crippen LogP contribution in [-0.4, -0.2) is 55.0 Å². The van der Waals surface area contributed by atoms with Crippen molar-refractivity contribution in [2.75, 3.05) is 27.2 Å². The summed E-state index contributed by atoms with van der Waals surface area (Å²) in [5.74, 6) is 0.155. The molecule has 1 aliphatic heterocycles. The molecule has 1 unspecified atom stereocenters. The average molecular weight is 241 g/mol. The molecule has 1 fully saturated rings. The van der Waals surface area contributed by atoms with Crippen LogP contribution in [0.5, 0.6) is 0 Å². The number of hydrogen-bond donors (Lipinski definition) is 1. The summed E-state index contributed by atoms with van der Waals surface area (Å²) in [5, 5.41) is 0. The summed E-state index contributed by atoms with van der Waals surface area (Å²) >= 11 is 0. The van der Waals surface area contributed by atoms with E-state index in [0.717, 1.165) is 45.2 Å². The van der Waals surface area contributed by atoms with Crippen molar-refractivity contribution in [3.05, 3.63) is 0 Å². The van der Waals surface area contributed by atoms with E-state index in [1.54, 1.807) is 0 Å². The third kappa shape index (κ3) is 4.28. The number of likely N-dealkylation sites (tertiary alicyclic amines) is 1. The lowest BCUT2D eigenvalue weighted by Crippen LogP contribution is -2.48. The van der Waals surface area contributed by atoms with Crippen molar-refractivity contribution < 1.29 is 4.79 Å². The highest BCUT2D eigenvalue weighted by Crippen LogP contribution is 2.19. The minimum absolute atomic E-state index is 0.155. The Morgan fingerprint density at radius 3 is 2.82 bits per heavy atom. The Balaban J connectivity index is 2.49. The zero-order chi connectivity index (χ0) is 12.8. The molecule has 2 N–H and O–H groups in total. The molecule has 0 bridgehead atoms. The van der Waals surface area contributed by atoms with Crippen LogP contribution in [0, 0.1) is 0 Å². The summed E-state index contributed by atoms with van der Waals surface area (Å²) < 4.78 is 0. The fourth-order valence-corrected chi connectivity index (χ4v) is 2.50. The number of likely N-dealkylation sites (N-methyl/N-ethyl adjacent to an activating group) is 1. The topological polar surface area (TPSA) is 49.6 Å². The average Bonchev–Trinajstić information content (AvgIpc) is 2.71. The number of amides is 1. The predicted molar refractivity (Wildman–Crippen MR) is 70.8 cm³/mol. The van der Waals surface area contributed by atoms with Gasteiger partial charge >= 0.3 is 0 Å². The number of nitrogens with zero attached hydrogens (tertiary/aromatic N) is 2. The van der Waals surface area contributed by atoms with Crippen LogP contribution in [0.15, 0.2) is 0 Å². The number of nitrogens with two attached hydrogens (primary N) is 1. The van der Waals surface area contributed by atoms with Gasteiger partial charge in [-0.2, -0.15) is 0 Å². The number of unbranched alkanes of at least 4 members (excludes halogenated alkanes) is 1. The van der Waals surface area contributed by atoms with Crippen molar-refractivity contribution in [2.45, 2.75) is 51.1 Å². The Labute approximate surface area is 105 Å². The Bertz CT molecular complexity index is 243. The van der Waals surface area contributed by atoms with E-state index in [-0.39, 0.29) is 11.9 Å². The van der Waals surface area contributed by atoms with Gasteiger partial charge < -0.3 is 15.5 Å². The van der Waals surface area contributed by atoms with Gasteiger partial charge in [0.15, 0.2) is 0 Å². The molecule has 0 saturated carbocycles. The summed E-state index contributed by atoms with van der Waals surface area (Å²) in [7, 11) is 4.11. The number of rotatable bonds is 6. The minimum Gasteiger partial charge on any atom is -0.337 e. The highest BCUT2D eigenvalue weighted by Gasteiger charge is 2.31. The van der Waals surface area contributed by atoms with Gasteiger partial charge in [0, 0.05) is 19.1 Å². The monoisotopic (exact) mass is 241 g/mol. The molecule has 2 atom stereocenters. The van der Waals surface area contributed by atoms with Gasteiger partial charge in [-0.3, -0.25) is 4.79 Å². The summed E-state index contributed by atoms with van der Waals surface area (Å²) in [6.07, 6.45) is 5.19. The summed E-state index contributed by atoms with van der Waals surface area (Å²) in [5.41, 5.74) is 5.97. The van der Waals surface area contributed by atoms with Crippen LogP contribution >= 0.6 is 0 Å². The van der Waals surface area contributed by atoms with Gasteiger partial charge in [0.25, 0.3) is 0 Å². The van der Waals surface area contributed by atoms with Gasteiger partial charge in [-0.15, -0.1) is 0 Å². The van der Waals surface area contributed by atoms with Gasteiger partial charge in [-0.1, -0.05) is 19.8 Å². The molecule has 100 valence electrons. The molecule has 0 aromatic carbocycles. The van der Waals surface area contributed by atoms with Gasteiger partial charge in [-0.25, -0.2) is 0 Å². The van der Waals surface area contributed by atoms with Gasteiger partial charge in [0.05, 0.1) is 6.04 Å². The van der Waals surface area contributed by atoms with Crippen LogP contribution in [0.1, 0.15) is 39.0 Å². The maximum Gasteiger partial charge on any atom is 0.239 e. The lowest BCUT2D eigenvalue weighted by molar-refractivity contribution is -0.133. The standard InChI is InChI=1S/C13H27N3O/c1-4-5-8-12(14)13(17)16-9-6-7-11(16)10-15(2)3/h11-12H,4-10,14H2,1-3H3/t11?,12-/m0/s1. The second-order valence-corrected chi connectivity index (χ2v) is 5.34. The van der Waals surface area contributed by atoms with Crippen molar-refractivity contribution in [1.29, 1.82) is 0 Å². The van der Waals surface area contributed by atoms with E-state index in [1.165, 1.54) is 0 Å². The Morgan fingerprint density at radius 1 is 1.53 bits per heavy atom. The SMILES string of the molecule is CCCC[C@H](N)C(=O)N1CCCC1CN(C)C. The molecule has 0 aromatic heterocycles. The summed E-state index contributed by atoms with van der Waals surface area (Å²) in [6, 6.07) is 0.0721. The van der Waals surface area contributed by atoms with Gasteiger partial charge in [0.1, 0.15) is 0 Å². The van der Waals surface area contributed by atoms with E-state index in [0.29, 0.717) is 6.04 Å². The molecule has 1 amide bonds. The van der Waals surface area contributed by atoms with Gasteiger partial charge in [0.2, 0.25) is 5.91 Å². The molecule has 0 aliphatic carbocycles. The van der Waals surface area contributed by atoms with Crippen LogP contribution in [0.25, 0.3) is 0 Å². The Morgan fingerprint density at radius 2 is 2.24 bits per heavy atom. The van der Waals surface area contributed by atoms with Crippen molar-refractivity contribution in [3.63, 3.8) is 0 Å². The highest BCUT2D eigenvalue weighted by molar-refractivity contribution is 5.82. The lowest BCUT2D eigenvalue weighted by atomic mass is 10.1. The number of carbonyl (C=O) groups is 1. The molecular formula is C13H27N3O. The van der Waals surface area contributed by atoms with Crippen molar-refractivity contribution >= 4 is 5.91 Å². The molecule has 17 heavy (non-hydrogen) atoms. The zero-order valence-corrected chi connectivity index (χ0v) is 11.5. The normalized spacial score (nSPS) is 22.2. The Kier molecular flexibility index (Phi) is 5.92. The highest BCUT2D eigenvalue weighted by atomic mass is 16.2. The second-order valence-electron chi connectivity index (χ2n) is 5.34. The Hall–Kier alpha value is -0.610. The first-order valence-corrected chi connectivity index (χ1v) is 6.77. The van der Waals surface area contributed by atoms with E-state index in [2.05, 4.69) is 25.9 Å². The van der Waals surface area contributed by atoms with Crippen molar-refractivity contribution in [1.82, 2.24) is 9.80 Å². The van der Waals surface area contributed by atoms with Crippen LogP contribution in [-0.2, 0) is 4.79 Å². The minimum atomic E-state index is -0.294. The molecule has 1 aliphatic rings. The van der Waals surface area contributed by atoms with E-state index in [1.807, 2.05) is 4.90 Å². The molecular weight excluding hydrogens is 214 g/mol. The molecule has 0 spiro atoms. The fraction of sp³-hybridized carbons (Fsp3) is 0.923. The first-order valence-electron chi connectivity index (χ1n) is 6.77. The number of hydrogen-bond acceptors (Lipinski definition) is 3. The van der Waals surface area contributed by atoms with E-state index < -0.39 is 0 Å². The smallest absolute Gasteiger partial charge is 0.239 e. The predicted octanol–water partition coefficient (Wildman–Crippen LogP) is 1.06. The molecule has 0 aromatic rings. The zero-order valence-electron chi connectivity index (χ0n) is 11.5. The lowest BCUT2D eigenvalue weighted by Gasteiger charge is -2.29. The van der Waals surface area contributed by atoms with Crippen LogP contribution in [0.2, 0.25) is 0 Å². The third-order valence-electron chi connectivity index (χ3n) is 3.42. The maximum absolute atomic E-state index is 12.2. The van der Waals surface area contributed by atoms with E-state index in [9.17, 15) is 4.79 Å². The maximum atomic E-state index is 12.2. The second kappa shape index (κ2) is 6.97. The third-order valence-corrected chi connectivity index (χ3v) is 3.42. The molecule has 1 saturated heterocycles. The van der Waals surface area contributed by atoms with Crippen molar-refractivity contribution in [3.8, 4) is 0 Å². The summed E-state index contributed by atoms with van der Waals surface area (Å²) in [4.78, 5) is 16.4. The molecule has 4 nitrogen and oxygen atoms in total. The largest absolute Gasteiger partial charge is 0.337 e. The van der Waals surface area contributed by atoms with Crippen LogP contribution in [0.4, 0.5) is 0 Å². The van der Waals surface area contributed by atoms with Crippen molar-refractivity contribution in [2.24, 2.45) is 5.73 Å². The molecule has 1 heterocycles. The number of carbonyl (C=O) groups excluding carboxylic acids is 1. The first-order chi connectivity index (χ1) is 8.06. The molecule has 4 heteroatoms. The van der Waals surface area contributed by atoms with Gasteiger partial charge in [-0.05, 0) is 33.4 Å². The fourth-order valence-electron chi connectivity index (χ4n) is 2.50. The molecule has 1 rings (SSSR count).